The maximum Gasteiger partial charge on any atom is 0.412 e. The minimum absolute atomic E-state index is 0.457. The normalized spacial score (nSPS) is 14.3. The molecule has 1 heterocycles. The van der Waals surface area contributed by atoms with Gasteiger partial charge in [0.15, 0.2) is 0 Å². The number of allylic oxidation sites excluding steroid dienone is 1. The molecular formula is C10H18N2O2. The standard InChI is InChI=1S/C8H12N2O2.C2H6/c1-6-3-4-7(9-5-6)10-8(11)12-2;1-2/h5H,3-4H2,1-2H3,(H,9,10,11);1-2H3. The van der Waals surface area contributed by atoms with Gasteiger partial charge in [0, 0.05) is 12.6 Å². The van der Waals surface area contributed by atoms with Gasteiger partial charge in [0.05, 0.1) is 7.11 Å². The molecule has 0 bridgehead atoms. The molecule has 1 N–H and O–H groups in total. The average Bonchev–Trinajstić information content (AvgIpc) is 2.24. The summed E-state index contributed by atoms with van der Waals surface area (Å²) in [5.41, 5.74) is 1.23. The van der Waals surface area contributed by atoms with E-state index < -0.39 is 6.09 Å². The molecule has 0 radical (unpaired) electrons. The highest BCUT2D eigenvalue weighted by Gasteiger charge is 2.07. The molecule has 4 nitrogen and oxygen atoms in total. The van der Waals surface area contributed by atoms with E-state index in [0.717, 1.165) is 12.8 Å². The van der Waals surface area contributed by atoms with Crippen molar-refractivity contribution in [3.05, 3.63) is 11.8 Å². The SMILES string of the molecule is CC.COC(=O)NC1=NC=C(C)CC1. The van der Waals surface area contributed by atoms with Crippen LogP contribution < -0.4 is 5.32 Å². The van der Waals surface area contributed by atoms with Crippen molar-refractivity contribution in [2.45, 2.75) is 33.6 Å². The Bertz CT molecular complexity index is 245. The molecule has 0 aromatic heterocycles. The monoisotopic (exact) mass is 198 g/mol. The Balaban J connectivity index is 0.000000791. The smallest absolute Gasteiger partial charge is 0.412 e. The molecule has 4 heteroatoms. The maximum absolute atomic E-state index is 10.7. The number of rotatable bonds is 0. The summed E-state index contributed by atoms with van der Waals surface area (Å²) in [7, 11) is 1.33. The molecule has 0 saturated heterocycles. The van der Waals surface area contributed by atoms with Gasteiger partial charge in [-0.3, -0.25) is 5.32 Å². The zero-order valence-electron chi connectivity index (χ0n) is 9.26. The Morgan fingerprint density at radius 1 is 1.50 bits per heavy atom. The second kappa shape index (κ2) is 7.12. The van der Waals surface area contributed by atoms with Crippen molar-refractivity contribution in [3.63, 3.8) is 0 Å². The van der Waals surface area contributed by atoms with Crippen molar-refractivity contribution < 1.29 is 9.53 Å². The summed E-state index contributed by atoms with van der Waals surface area (Å²) in [6.45, 7) is 6.01. The predicted octanol–water partition coefficient (Wildman–Crippen LogP) is 2.46. The number of amides is 1. The van der Waals surface area contributed by atoms with Gasteiger partial charge >= 0.3 is 6.09 Å². The summed E-state index contributed by atoms with van der Waals surface area (Å²) < 4.78 is 4.43. The van der Waals surface area contributed by atoms with Gasteiger partial charge in [-0.05, 0) is 13.3 Å². The Morgan fingerprint density at radius 2 is 2.14 bits per heavy atom. The minimum atomic E-state index is -0.457. The molecule has 0 aromatic rings. The average molecular weight is 198 g/mol. The van der Waals surface area contributed by atoms with E-state index in [1.807, 2.05) is 20.8 Å². The summed E-state index contributed by atoms with van der Waals surface area (Å²) in [5, 5.41) is 2.53. The molecule has 1 rings (SSSR count). The van der Waals surface area contributed by atoms with Crippen LogP contribution in [0, 0.1) is 0 Å². The van der Waals surface area contributed by atoms with Crippen LogP contribution in [0.3, 0.4) is 0 Å². The number of ether oxygens (including phenoxy) is 1. The first kappa shape index (κ1) is 12.7. The highest BCUT2D eigenvalue weighted by atomic mass is 16.5. The second-order valence-electron chi connectivity index (χ2n) is 2.67. The minimum Gasteiger partial charge on any atom is -0.453 e. The van der Waals surface area contributed by atoms with Crippen LogP contribution in [0.1, 0.15) is 33.6 Å². The summed E-state index contributed by atoms with van der Waals surface area (Å²) in [6.07, 6.45) is 3.02. The van der Waals surface area contributed by atoms with Gasteiger partial charge in [0.2, 0.25) is 0 Å². The lowest BCUT2D eigenvalue weighted by molar-refractivity contribution is 0.176. The van der Waals surface area contributed by atoms with Crippen LogP contribution in [-0.2, 0) is 4.74 Å². The number of alkyl carbamates (subject to hydrolysis) is 1. The lowest BCUT2D eigenvalue weighted by Gasteiger charge is -2.10. The molecule has 80 valence electrons. The van der Waals surface area contributed by atoms with E-state index in [2.05, 4.69) is 15.0 Å². The second-order valence-corrected chi connectivity index (χ2v) is 2.67. The van der Waals surface area contributed by atoms with Gasteiger partial charge in [-0.25, -0.2) is 9.79 Å². The zero-order chi connectivity index (χ0) is 11.0. The predicted molar refractivity (Wildman–Crippen MR) is 57.3 cm³/mol. The van der Waals surface area contributed by atoms with Gasteiger partial charge in [-0.15, -0.1) is 0 Å². The number of hydrogen-bond acceptors (Lipinski definition) is 3. The van der Waals surface area contributed by atoms with Crippen molar-refractivity contribution in [3.8, 4) is 0 Å². The molecule has 0 aliphatic carbocycles. The van der Waals surface area contributed by atoms with E-state index in [0.29, 0.717) is 5.84 Å². The van der Waals surface area contributed by atoms with Crippen molar-refractivity contribution >= 4 is 11.9 Å². The van der Waals surface area contributed by atoms with E-state index >= 15 is 0 Å². The largest absolute Gasteiger partial charge is 0.453 e. The maximum atomic E-state index is 10.7. The number of aliphatic imine (C=N–C) groups is 1. The first-order valence-corrected chi connectivity index (χ1v) is 4.79. The van der Waals surface area contributed by atoms with Crippen molar-refractivity contribution in [2.75, 3.05) is 7.11 Å². The topological polar surface area (TPSA) is 50.7 Å². The van der Waals surface area contributed by atoms with E-state index in [9.17, 15) is 4.79 Å². The van der Waals surface area contributed by atoms with Gasteiger partial charge < -0.3 is 4.74 Å². The Kier molecular flexibility index (Phi) is 6.45. The summed E-state index contributed by atoms with van der Waals surface area (Å²) >= 11 is 0. The molecular weight excluding hydrogens is 180 g/mol. The van der Waals surface area contributed by atoms with Gasteiger partial charge in [0.1, 0.15) is 5.84 Å². The molecule has 1 aliphatic heterocycles. The first-order valence-electron chi connectivity index (χ1n) is 4.79. The van der Waals surface area contributed by atoms with E-state index in [1.54, 1.807) is 6.20 Å². The fourth-order valence-electron chi connectivity index (χ4n) is 0.896. The zero-order valence-corrected chi connectivity index (χ0v) is 9.26. The summed E-state index contributed by atoms with van der Waals surface area (Å²) in [6, 6.07) is 0. The number of methoxy groups -OCH3 is 1. The quantitative estimate of drug-likeness (QED) is 0.650. The summed E-state index contributed by atoms with van der Waals surface area (Å²) in [4.78, 5) is 14.8. The number of nitrogens with one attached hydrogen (secondary N) is 1. The number of carbonyl (C=O) groups excluding carboxylic acids is 1. The number of nitrogens with zero attached hydrogens (tertiary/aromatic N) is 1. The van der Waals surface area contributed by atoms with E-state index in [1.165, 1.54) is 12.7 Å². The van der Waals surface area contributed by atoms with Crippen LogP contribution in [0.2, 0.25) is 0 Å². The van der Waals surface area contributed by atoms with E-state index in [4.69, 9.17) is 0 Å². The Labute approximate surface area is 85.1 Å². The molecule has 0 unspecified atom stereocenters. The highest BCUT2D eigenvalue weighted by Crippen LogP contribution is 2.09. The van der Waals surface area contributed by atoms with Crippen LogP contribution in [0.15, 0.2) is 16.8 Å². The lowest BCUT2D eigenvalue weighted by Crippen LogP contribution is -2.30. The molecule has 0 spiro atoms. The van der Waals surface area contributed by atoms with Crippen LogP contribution in [0.5, 0.6) is 0 Å². The third-order valence-electron chi connectivity index (χ3n) is 1.63. The van der Waals surface area contributed by atoms with Crippen molar-refractivity contribution in [1.29, 1.82) is 0 Å². The molecule has 0 atom stereocenters. The molecule has 14 heavy (non-hydrogen) atoms. The third-order valence-corrected chi connectivity index (χ3v) is 1.63. The summed E-state index contributed by atoms with van der Waals surface area (Å²) in [5.74, 6) is 0.674. The Morgan fingerprint density at radius 3 is 2.57 bits per heavy atom. The fraction of sp³-hybridized carbons (Fsp3) is 0.600. The number of carbonyl (C=O) groups is 1. The number of amidine groups is 1. The van der Waals surface area contributed by atoms with Gasteiger partial charge in [-0.1, -0.05) is 19.4 Å². The fourth-order valence-corrected chi connectivity index (χ4v) is 0.896. The van der Waals surface area contributed by atoms with E-state index in [-0.39, 0.29) is 0 Å². The van der Waals surface area contributed by atoms with Crippen LogP contribution in [0.25, 0.3) is 0 Å². The van der Waals surface area contributed by atoms with Crippen LogP contribution in [0.4, 0.5) is 4.79 Å². The van der Waals surface area contributed by atoms with Crippen molar-refractivity contribution in [2.24, 2.45) is 4.99 Å². The Hall–Kier alpha value is -1.32. The molecule has 1 amide bonds. The number of hydrogen-bond donors (Lipinski definition) is 1. The van der Waals surface area contributed by atoms with Gasteiger partial charge in [0.25, 0.3) is 0 Å². The lowest BCUT2D eigenvalue weighted by atomic mass is 10.1. The van der Waals surface area contributed by atoms with Gasteiger partial charge in [-0.2, -0.15) is 0 Å². The molecule has 0 aromatic carbocycles. The van der Waals surface area contributed by atoms with Crippen LogP contribution in [-0.4, -0.2) is 19.0 Å². The molecule has 1 aliphatic rings. The van der Waals surface area contributed by atoms with Crippen molar-refractivity contribution in [1.82, 2.24) is 5.32 Å². The molecule has 0 fully saturated rings. The van der Waals surface area contributed by atoms with Crippen LogP contribution >= 0.6 is 0 Å². The molecule has 0 saturated carbocycles. The highest BCUT2D eigenvalue weighted by molar-refractivity contribution is 5.96. The first-order chi connectivity index (χ1) is 6.72. The third kappa shape index (κ3) is 4.64.